The number of halogens is 4. The highest BCUT2D eigenvalue weighted by Gasteiger charge is 2.23. The number of alkyl halides is 2. The molecule has 3 nitrogen and oxygen atoms in total. The Morgan fingerprint density at radius 3 is 2.73 bits per heavy atom. The molecule has 0 aliphatic carbocycles. The SMILES string of the molecule is COC(=O)c1c(I)cnc(C(F)F)c1Cl. The number of nitrogens with zero attached hydrogens (tertiary/aromatic N) is 1. The summed E-state index contributed by atoms with van der Waals surface area (Å²) in [6, 6.07) is 0. The third-order valence-electron chi connectivity index (χ3n) is 1.60. The Morgan fingerprint density at radius 1 is 1.67 bits per heavy atom. The molecular formula is C8H5ClF2INO2. The van der Waals surface area contributed by atoms with E-state index >= 15 is 0 Å². The second-order valence-corrected chi connectivity index (χ2v) is 4.01. The number of rotatable bonds is 2. The van der Waals surface area contributed by atoms with E-state index in [1.807, 2.05) is 0 Å². The maximum absolute atomic E-state index is 12.4. The molecule has 0 radical (unpaired) electrons. The predicted octanol–water partition coefficient (Wildman–Crippen LogP) is 3.06. The summed E-state index contributed by atoms with van der Waals surface area (Å²) >= 11 is 7.41. The van der Waals surface area contributed by atoms with E-state index in [1.54, 1.807) is 22.6 Å². The molecule has 0 unspecified atom stereocenters. The Hall–Kier alpha value is -0.500. The van der Waals surface area contributed by atoms with Gasteiger partial charge in [0.05, 0.1) is 17.7 Å². The molecule has 0 aliphatic rings. The van der Waals surface area contributed by atoms with Crippen LogP contribution in [0, 0.1) is 3.57 Å². The van der Waals surface area contributed by atoms with E-state index in [0.717, 1.165) is 13.3 Å². The molecule has 0 aliphatic heterocycles. The van der Waals surface area contributed by atoms with E-state index in [0.29, 0.717) is 3.57 Å². The minimum absolute atomic E-state index is 0.0786. The van der Waals surface area contributed by atoms with Crippen molar-refractivity contribution in [2.75, 3.05) is 7.11 Å². The Morgan fingerprint density at radius 2 is 2.27 bits per heavy atom. The summed E-state index contributed by atoms with van der Waals surface area (Å²) in [6.45, 7) is 0. The maximum atomic E-state index is 12.4. The predicted molar refractivity (Wildman–Crippen MR) is 58.3 cm³/mol. The Balaban J connectivity index is 3.36. The van der Waals surface area contributed by atoms with Crippen LogP contribution in [0.3, 0.4) is 0 Å². The van der Waals surface area contributed by atoms with E-state index in [1.165, 1.54) is 0 Å². The van der Waals surface area contributed by atoms with Crippen molar-refractivity contribution in [1.82, 2.24) is 4.98 Å². The molecule has 15 heavy (non-hydrogen) atoms. The van der Waals surface area contributed by atoms with Crippen LogP contribution in [-0.4, -0.2) is 18.1 Å². The monoisotopic (exact) mass is 347 g/mol. The van der Waals surface area contributed by atoms with Crippen LogP contribution in [0.25, 0.3) is 0 Å². The number of carbonyl (C=O) groups excluding carboxylic acids is 1. The molecule has 1 rings (SSSR count). The third-order valence-corrected chi connectivity index (χ3v) is 2.80. The van der Waals surface area contributed by atoms with Gasteiger partial charge in [-0.05, 0) is 22.6 Å². The minimum Gasteiger partial charge on any atom is -0.465 e. The van der Waals surface area contributed by atoms with Gasteiger partial charge in [0.2, 0.25) is 0 Å². The molecule has 0 fully saturated rings. The number of carbonyl (C=O) groups is 1. The number of pyridine rings is 1. The fraction of sp³-hybridized carbons (Fsp3) is 0.250. The lowest BCUT2D eigenvalue weighted by molar-refractivity contribution is 0.0599. The first kappa shape index (κ1) is 12.6. The average molecular weight is 347 g/mol. The van der Waals surface area contributed by atoms with Gasteiger partial charge in [-0.15, -0.1) is 0 Å². The molecule has 1 aromatic heterocycles. The summed E-state index contributed by atoms with van der Waals surface area (Å²) in [5.74, 6) is -0.756. The van der Waals surface area contributed by atoms with Gasteiger partial charge >= 0.3 is 5.97 Å². The van der Waals surface area contributed by atoms with Gasteiger partial charge in [-0.2, -0.15) is 0 Å². The van der Waals surface area contributed by atoms with Crippen molar-refractivity contribution >= 4 is 40.2 Å². The van der Waals surface area contributed by atoms with E-state index in [2.05, 4.69) is 9.72 Å². The van der Waals surface area contributed by atoms with Crippen LogP contribution >= 0.6 is 34.2 Å². The van der Waals surface area contributed by atoms with Crippen molar-refractivity contribution in [1.29, 1.82) is 0 Å². The van der Waals surface area contributed by atoms with E-state index in [-0.39, 0.29) is 10.6 Å². The first-order chi connectivity index (χ1) is 6.99. The molecule has 7 heteroatoms. The molecule has 0 N–H and O–H groups in total. The lowest BCUT2D eigenvalue weighted by Gasteiger charge is -2.08. The van der Waals surface area contributed by atoms with Crippen LogP contribution in [0.2, 0.25) is 5.02 Å². The zero-order valence-corrected chi connectivity index (χ0v) is 10.3. The quantitative estimate of drug-likeness (QED) is 0.610. The second-order valence-electron chi connectivity index (χ2n) is 2.47. The van der Waals surface area contributed by atoms with Gasteiger partial charge in [0.25, 0.3) is 6.43 Å². The number of hydrogen-bond acceptors (Lipinski definition) is 3. The average Bonchev–Trinajstić information content (AvgIpc) is 2.16. The molecular weight excluding hydrogens is 342 g/mol. The van der Waals surface area contributed by atoms with Crippen LogP contribution < -0.4 is 0 Å². The van der Waals surface area contributed by atoms with Crippen LogP contribution in [0.4, 0.5) is 8.78 Å². The van der Waals surface area contributed by atoms with E-state index < -0.39 is 18.1 Å². The molecule has 0 saturated heterocycles. The Labute approximate surface area is 103 Å². The molecule has 1 aromatic rings. The van der Waals surface area contributed by atoms with Gasteiger partial charge in [0.15, 0.2) is 0 Å². The van der Waals surface area contributed by atoms with Gasteiger partial charge in [0, 0.05) is 9.77 Å². The summed E-state index contributed by atoms with van der Waals surface area (Å²) in [7, 11) is 1.15. The number of esters is 1. The number of aromatic nitrogens is 1. The van der Waals surface area contributed by atoms with Crippen molar-refractivity contribution in [2.24, 2.45) is 0 Å². The van der Waals surface area contributed by atoms with E-state index in [4.69, 9.17) is 11.6 Å². The third kappa shape index (κ3) is 2.54. The van der Waals surface area contributed by atoms with Gasteiger partial charge < -0.3 is 4.74 Å². The number of ether oxygens (including phenoxy) is 1. The number of hydrogen-bond donors (Lipinski definition) is 0. The van der Waals surface area contributed by atoms with Gasteiger partial charge in [0.1, 0.15) is 5.69 Å². The topological polar surface area (TPSA) is 39.2 Å². The van der Waals surface area contributed by atoms with Crippen LogP contribution in [0.15, 0.2) is 6.20 Å². The van der Waals surface area contributed by atoms with Crippen molar-refractivity contribution in [3.8, 4) is 0 Å². The zero-order valence-electron chi connectivity index (χ0n) is 7.43. The summed E-state index contributed by atoms with van der Waals surface area (Å²) in [5.41, 5.74) is -0.692. The highest BCUT2D eigenvalue weighted by molar-refractivity contribution is 14.1. The van der Waals surface area contributed by atoms with Crippen molar-refractivity contribution in [3.05, 3.63) is 26.0 Å². The first-order valence-electron chi connectivity index (χ1n) is 3.69. The van der Waals surface area contributed by atoms with Gasteiger partial charge in [-0.3, -0.25) is 4.98 Å². The first-order valence-corrected chi connectivity index (χ1v) is 5.15. The highest BCUT2D eigenvalue weighted by atomic mass is 127. The van der Waals surface area contributed by atoms with Gasteiger partial charge in [-0.1, -0.05) is 11.6 Å². The molecule has 0 saturated carbocycles. The number of methoxy groups -OCH3 is 1. The summed E-state index contributed by atoms with van der Waals surface area (Å²) in [6.07, 6.45) is -1.67. The largest absolute Gasteiger partial charge is 0.465 e. The lowest BCUT2D eigenvalue weighted by atomic mass is 10.2. The minimum atomic E-state index is -2.82. The van der Waals surface area contributed by atoms with Crippen LogP contribution in [0.5, 0.6) is 0 Å². The fourth-order valence-corrected chi connectivity index (χ4v) is 2.02. The second kappa shape index (κ2) is 5.02. The molecule has 0 atom stereocenters. The maximum Gasteiger partial charge on any atom is 0.340 e. The molecule has 0 amide bonds. The molecule has 0 spiro atoms. The van der Waals surface area contributed by atoms with Gasteiger partial charge in [-0.25, -0.2) is 13.6 Å². The van der Waals surface area contributed by atoms with Crippen LogP contribution in [-0.2, 0) is 4.74 Å². The molecule has 1 heterocycles. The summed E-state index contributed by atoms with van der Waals surface area (Å²) in [5, 5.41) is -0.358. The van der Waals surface area contributed by atoms with E-state index in [9.17, 15) is 13.6 Å². The zero-order chi connectivity index (χ0) is 11.6. The Bertz CT molecular complexity index is 400. The standard InChI is InChI=1S/C8H5ClF2INO2/c1-15-8(14)4-3(12)2-13-6(5(4)9)7(10)11/h2,7H,1H3. The summed E-state index contributed by atoms with van der Waals surface area (Å²) in [4.78, 5) is 14.7. The lowest BCUT2D eigenvalue weighted by Crippen LogP contribution is -2.08. The Kier molecular flexibility index (Phi) is 4.21. The van der Waals surface area contributed by atoms with Crippen LogP contribution in [0.1, 0.15) is 22.5 Å². The smallest absolute Gasteiger partial charge is 0.340 e. The molecule has 0 aromatic carbocycles. The van der Waals surface area contributed by atoms with Crippen molar-refractivity contribution in [2.45, 2.75) is 6.43 Å². The van der Waals surface area contributed by atoms with Crippen molar-refractivity contribution in [3.63, 3.8) is 0 Å². The van der Waals surface area contributed by atoms with Crippen molar-refractivity contribution < 1.29 is 18.3 Å². The normalized spacial score (nSPS) is 10.5. The molecule has 0 bridgehead atoms. The molecule has 82 valence electrons. The fourth-order valence-electron chi connectivity index (χ4n) is 0.922. The summed E-state index contributed by atoms with van der Waals surface area (Å²) < 4.78 is 29.6. The highest BCUT2D eigenvalue weighted by Crippen LogP contribution is 2.30.